The van der Waals surface area contributed by atoms with Gasteiger partial charge in [0.25, 0.3) is 0 Å². The number of nitrogens with zero attached hydrogens (tertiary/aromatic N) is 1. The Hall–Kier alpha value is -2.16. The van der Waals surface area contributed by atoms with Gasteiger partial charge in [-0.2, -0.15) is 0 Å². The van der Waals surface area contributed by atoms with E-state index in [1.165, 1.54) is 6.26 Å². The van der Waals surface area contributed by atoms with Gasteiger partial charge in [0, 0.05) is 23.0 Å². The quantitative estimate of drug-likeness (QED) is 0.611. The van der Waals surface area contributed by atoms with Crippen molar-refractivity contribution in [1.82, 2.24) is 9.71 Å². The van der Waals surface area contributed by atoms with Crippen LogP contribution in [0.4, 0.5) is 0 Å². The molecule has 0 aliphatic carbocycles. The van der Waals surface area contributed by atoms with E-state index in [1.807, 2.05) is 24.3 Å². The van der Waals surface area contributed by atoms with Gasteiger partial charge >= 0.3 is 0 Å². The molecule has 26 heavy (non-hydrogen) atoms. The van der Waals surface area contributed by atoms with E-state index < -0.39 is 10.0 Å². The number of oxazole rings is 1. The molecule has 0 amide bonds. The number of ether oxygens (including phenoxy) is 1. The standard InChI is InChI=1S/C18H17BrN2O4S/c1-24-16-6-2-13(3-7-16)18-21-15(12-25-18)10-11-20-26(22,23)17-8-4-14(19)5-9-17/h2-9,12,20H,10-11H2,1H3. The molecule has 2 aromatic carbocycles. The second kappa shape index (κ2) is 8.03. The zero-order valence-electron chi connectivity index (χ0n) is 14.0. The molecular weight excluding hydrogens is 420 g/mol. The summed E-state index contributed by atoms with van der Waals surface area (Å²) in [6, 6.07) is 13.8. The van der Waals surface area contributed by atoms with E-state index in [1.54, 1.807) is 31.4 Å². The predicted molar refractivity (Wildman–Crippen MR) is 102 cm³/mol. The molecule has 1 aromatic heterocycles. The molecule has 0 radical (unpaired) electrons. The van der Waals surface area contributed by atoms with Gasteiger partial charge in [-0.1, -0.05) is 15.9 Å². The van der Waals surface area contributed by atoms with E-state index >= 15 is 0 Å². The maximum absolute atomic E-state index is 12.2. The Morgan fingerprint density at radius 1 is 1.12 bits per heavy atom. The minimum Gasteiger partial charge on any atom is -0.497 e. The molecule has 1 N–H and O–H groups in total. The SMILES string of the molecule is COc1ccc(-c2nc(CCNS(=O)(=O)c3ccc(Br)cc3)co2)cc1. The van der Waals surface area contributed by atoms with E-state index in [2.05, 4.69) is 25.6 Å². The number of hydrogen-bond donors (Lipinski definition) is 1. The van der Waals surface area contributed by atoms with Gasteiger partial charge in [-0.3, -0.25) is 0 Å². The van der Waals surface area contributed by atoms with Gasteiger partial charge in [-0.05, 0) is 48.5 Å². The fourth-order valence-corrected chi connectivity index (χ4v) is 3.59. The average Bonchev–Trinajstić information content (AvgIpc) is 3.11. The highest BCUT2D eigenvalue weighted by atomic mass is 79.9. The highest BCUT2D eigenvalue weighted by Gasteiger charge is 2.14. The van der Waals surface area contributed by atoms with Crippen molar-refractivity contribution in [2.24, 2.45) is 0 Å². The summed E-state index contributed by atoms with van der Waals surface area (Å²) in [4.78, 5) is 4.61. The van der Waals surface area contributed by atoms with Crippen LogP contribution in [0.25, 0.3) is 11.5 Å². The molecular formula is C18H17BrN2O4S. The molecule has 0 spiro atoms. The number of aromatic nitrogens is 1. The van der Waals surface area contributed by atoms with Gasteiger partial charge in [0.2, 0.25) is 15.9 Å². The molecule has 0 atom stereocenters. The summed E-state index contributed by atoms with van der Waals surface area (Å²) in [6.07, 6.45) is 1.96. The molecule has 6 nitrogen and oxygen atoms in total. The Kier molecular flexibility index (Phi) is 5.75. The van der Waals surface area contributed by atoms with Gasteiger partial charge in [-0.25, -0.2) is 18.1 Å². The fraction of sp³-hybridized carbons (Fsp3) is 0.167. The predicted octanol–water partition coefficient (Wildman–Crippen LogP) is 3.63. The van der Waals surface area contributed by atoms with Crippen molar-refractivity contribution < 1.29 is 17.6 Å². The highest BCUT2D eigenvalue weighted by Crippen LogP contribution is 2.22. The minimum atomic E-state index is -3.54. The lowest BCUT2D eigenvalue weighted by molar-refractivity contribution is 0.415. The van der Waals surface area contributed by atoms with E-state index in [4.69, 9.17) is 9.15 Å². The summed E-state index contributed by atoms with van der Waals surface area (Å²) >= 11 is 3.28. The van der Waals surface area contributed by atoms with Crippen LogP contribution in [-0.4, -0.2) is 27.1 Å². The largest absolute Gasteiger partial charge is 0.497 e. The second-order valence-electron chi connectivity index (χ2n) is 5.47. The Morgan fingerprint density at radius 2 is 1.81 bits per heavy atom. The van der Waals surface area contributed by atoms with Gasteiger partial charge < -0.3 is 9.15 Å². The van der Waals surface area contributed by atoms with Crippen LogP contribution in [-0.2, 0) is 16.4 Å². The summed E-state index contributed by atoms with van der Waals surface area (Å²) in [5, 5.41) is 0. The van der Waals surface area contributed by atoms with Crippen molar-refractivity contribution in [3.8, 4) is 17.2 Å². The van der Waals surface area contributed by atoms with E-state index in [0.29, 0.717) is 18.0 Å². The molecule has 0 bridgehead atoms. The number of halogens is 1. The molecule has 0 saturated heterocycles. The van der Waals surface area contributed by atoms with Crippen LogP contribution in [0, 0.1) is 0 Å². The van der Waals surface area contributed by atoms with Crippen molar-refractivity contribution >= 4 is 26.0 Å². The monoisotopic (exact) mass is 436 g/mol. The molecule has 3 rings (SSSR count). The molecule has 136 valence electrons. The summed E-state index contributed by atoms with van der Waals surface area (Å²) in [5.41, 5.74) is 1.50. The lowest BCUT2D eigenvalue weighted by Gasteiger charge is -2.05. The van der Waals surface area contributed by atoms with E-state index in [9.17, 15) is 8.42 Å². The van der Waals surface area contributed by atoms with Gasteiger partial charge in [0.1, 0.15) is 12.0 Å². The summed E-state index contributed by atoms with van der Waals surface area (Å²) in [7, 11) is -1.94. The number of hydrogen-bond acceptors (Lipinski definition) is 5. The maximum Gasteiger partial charge on any atom is 0.240 e. The lowest BCUT2D eigenvalue weighted by Crippen LogP contribution is -2.26. The normalized spacial score (nSPS) is 11.5. The van der Waals surface area contributed by atoms with Crippen LogP contribution >= 0.6 is 15.9 Å². The van der Waals surface area contributed by atoms with Crippen molar-refractivity contribution in [2.75, 3.05) is 13.7 Å². The summed E-state index contributed by atoms with van der Waals surface area (Å²) in [6.45, 7) is 0.229. The van der Waals surface area contributed by atoms with E-state index in [-0.39, 0.29) is 11.4 Å². The lowest BCUT2D eigenvalue weighted by atomic mass is 10.2. The Labute approximate surface area is 160 Å². The van der Waals surface area contributed by atoms with Crippen LogP contribution in [0.5, 0.6) is 5.75 Å². The Balaban J connectivity index is 1.60. The van der Waals surface area contributed by atoms with Crippen molar-refractivity contribution in [1.29, 1.82) is 0 Å². The van der Waals surface area contributed by atoms with Crippen molar-refractivity contribution in [3.05, 3.63) is 65.0 Å². The molecule has 0 unspecified atom stereocenters. The zero-order chi connectivity index (χ0) is 18.6. The van der Waals surface area contributed by atoms with Gasteiger partial charge in [0.05, 0.1) is 17.7 Å². The van der Waals surface area contributed by atoms with Crippen LogP contribution in [0.1, 0.15) is 5.69 Å². The number of benzene rings is 2. The minimum absolute atomic E-state index is 0.222. The number of rotatable bonds is 7. The van der Waals surface area contributed by atoms with Gasteiger partial charge in [-0.15, -0.1) is 0 Å². The summed E-state index contributed by atoms with van der Waals surface area (Å²) < 4.78 is 38.5. The van der Waals surface area contributed by atoms with Crippen LogP contribution in [0.3, 0.4) is 0 Å². The Bertz CT molecular complexity index is 967. The number of nitrogens with one attached hydrogen (secondary N) is 1. The first-order chi connectivity index (χ1) is 12.5. The van der Waals surface area contributed by atoms with E-state index in [0.717, 1.165) is 15.8 Å². The molecule has 8 heteroatoms. The molecule has 3 aromatic rings. The number of sulfonamides is 1. The topological polar surface area (TPSA) is 81.4 Å². The fourth-order valence-electron chi connectivity index (χ4n) is 2.30. The summed E-state index contributed by atoms with van der Waals surface area (Å²) in [5.74, 6) is 1.24. The first-order valence-electron chi connectivity index (χ1n) is 7.82. The first-order valence-corrected chi connectivity index (χ1v) is 10.1. The molecule has 1 heterocycles. The third-order valence-corrected chi connectivity index (χ3v) is 5.69. The number of methoxy groups -OCH3 is 1. The van der Waals surface area contributed by atoms with Crippen LogP contribution < -0.4 is 9.46 Å². The molecule has 0 saturated carbocycles. The smallest absolute Gasteiger partial charge is 0.240 e. The highest BCUT2D eigenvalue weighted by molar-refractivity contribution is 9.10. The maximum atomic E-state index is 12.2. The second-order valence-corrected chi connectivity index (χ2v) is 8.16. The molecule has 0 aliphatic rings. The first kappa shape index (κ1) is 18.6. The van der Waals surface area contributed by atoms with Crippen LogP contribution in [0.15, 0.2) is 68.6 Å². The Morgan fingerprint density at radius 3 is 2.46 bits per heavy atom. The molecule has 0 fully saturated rings. The third-order valence-electron chi connectivity index (χ3n) is 3.69. The van der Waals surface area contributed by atoms with Gasteiger partial charge in [0.15, 0.2) is 0 Å². The van der Waals surface area contributed by atoms with Crippen LogP contribution in [0.2, 0.25) is 0 Å². The van der Waals surface area contributed by atoms with Crippen molar-refractivity contribution in [2.45, 2.75) is 11.3 Å². The molecule has 0 aliphatic heterocycles. The van der Waals surface area contributed by atoms with Crippen molar-refractivity contribution in [3.63, 3.8) is 0 Å². The zero-order valence-corrected chi connectivity index (χ0v) is 16.4. The average molecular weight is 437 g/mol. The third kappa shape index (κ3) is 4.51.